The average molecular weight is 237 g/mol. The molecule has 3 atom stereocenters. The Morgan fingerprint density at radius 3 is 2.75 bits per heavy atom. The van der Waals surface area contributed by atoms with Crippen LogP contribution >= 0.6 is 0 Å². The standard InChI is InChI=1S/C9H13BF3O3/c1-2-16-8(14)7-6-5-15-4-3-9(6,7)10(11,12)13/h6-7H,2-5H2,1H3/q-1/t6?,7-,9+/m1/s1. The molecule has 2 rings (SSSR count). The van der Waals surface area contributed by atoms with Gasteiger partial charge in [-0.1, -0.05) is 0 Å². The molecule has 0 aromatic heterocycles. The number of esters is 1. The van der Waals surface area contributed by atoms with Crippen LogP contribution < -0.4 is 0 Å². The Hall–Kier alpha value is -0.715. The fraction of sp³-hybridized carbons (Fsp3) is 0.889. The fourth-order valence-electron chi connectivity index (χ4n) is 2.82. The van der Waals surface area contributed by atoms with Crippen LogP contribution in [0.3, 0.4) is 0 Å². The van der Waals surface area contributed by atoms with E-state index in [9.17, 15) is 17.7 Å². The highest BCUT2D eigenvalue weighted by Crippen LogP contribution is 2.75. The molecule has 1 saturated heterocycles. The van der Waals surface area contributed by atoms with Gasteiger partial charge in [-0.3, -0.25) is 4.79 Å². The summed E-state index contributed by atoms with van der Waals surface area (Å²) in [5.41, 5.74) is 0. The first-order valence-corrected chi connectivity index (χ1v) is 5.39. The molecule has 2 fully saturated rings. The Labute approximate surface area is 91.3 Å². The quantitative estimate of drug-likeness (QED) is 0.554. The largest absolute Gasteiger partial charge is 0.485 e. The average Bonchev–Trinajstić information content (AvgIpc) is 2.87. The molecule has 0 bridgehead atoms. The molecule has 1 unspecified atom stereocenters. The number of hydrogen-bond donors (Lipinski definition) is 0. The summed E-state index contributed by atoms with van der Waals surface area (Å²) >= 11 is 0. The van der Waals surface area contributed by atoms with Crippen molar-refractivity contribution in [3.8, 4) is 0 Å². The molecule has 7 heteroatoms. The van der Waals surface area contributed by atoms with E-state index < -0.39 is 30.1 Å². The number of carbonyl (C=O) groups excluding carboxylic acids is 1. The van der Waals surface area contributed by atoms with Crippen LogP contribution in [-0.2, 0) is 14.3 Å². The van der Waals surface area contributed by atoms with Crippen LogP contribution in [0.4, 0.5) is 12.9 Å². The lowest BCUT2D eigenvalue weighted by molar-refractivity contribution is -0.145. The zero-order valence-corrected chi connectivity index (χ0v) is 8.92. The third kappa shape index (κ3) is 1.44. The first-order valence-electron chi connectivity index (χ1n) is 5.39. The van der Waals surface area contributed by atoms with E-state index in [1.807, 2.05) is 0 Å². The Bertz CT molecular complexity index is 307. The Morgan fingerprint density at radius 2 is 2.25 bits per heavy atom. The van der Waals surface area contributed by atoms with Crippen molar-refractivity contribution < 1.29 is 27.2 Å². The Kier molecular flexibility index (Phi) is 2.68. The molecule has 0 radical (unpaired) electrons. The first kappa shape index (κ1) is 11.8. The molecule has 1 aliphatic carbocycles. The van der Waals surface area contributed by atoms with E-state index in [0.717, 1.165) is 0 Å². The molecule has 0 aromatic rings. The minimum Gasteiger partial charge on any atom is -0.466 e. The number of carbonyl (C=O) groups is 1. The second kappa shape index (κ2) is 3.65. The SMILES string of the molecule is CCOC(=O)[C@H]1C2COCC[C@]21[B-](F)(F)F. The van der Waals surface area contributed by atoms with Crippen LogP contribution in [0.15, 0.2) is 0 Å². The second-order valence-electron chi connectivity index (χ2n) is 4.35. The van der Waals surface area contributed by atoms with Crippen LogP contribution in [0, 0.1) is 11.8 Å². The Balaban J connectivity index is 2.19. The summed E-state index contributed by atoms with van der Waals surface area (Å²) in [5, 5.41) is -1.81. The van der Waals surface area contributed by atoms with Crippen LogP contribution in [-0.4, -0.2) is 32.8 Å². The lowest BCUT2D eigenvalue weighted by Crippen LogP contribution is -2.33. The van der Waals surface area contributed by atoms with Gasteiger partial charge < -0.3 is 22.4 Å². The molecule has 2 aliphatic rings. The molecule has 1 saturated carbocycles. The van der Waals surface area contributed by atoms with E-state index in [-0.39, 0.29) is 26.2 Å². The maximum absolute atomic E-state index is 13.0. The number of rotatable bonds is 3. The van der Waals surface area contributed by atoms with Crippen molar-refractivity contribution in [3.63, 3.8) is 0 Å². The molecule has 0 aromatic carbocycles. The predicted molar refractivity (Wildman–Crippen MR) is 50.8 cm³/mol. The lowest BCUT2D eigenvalue weighted by atomic mass is 9.63. The normalized spacial score (nSPS) is 37.8. The Morgan fingerprint density at radius 1 is 1.56 bits per heavy atom. The molecule has 16 heavy (non-hydrogen) atoms. The van der Waals surface area contributed by atoms with Crippen LogP contribution in [0.2, 0.25) is 5.31 Å². The topological polar surface area (TPSA) is 35.5 Å². The number of fused-ring (bicyclic) bond motifs is 1. The van der Waals surface area contributed by atoms with Crippen molar-refractivity contribution in [1.29, 1.82) is 0 Å². The van der Waals surface area contributed by atoms with E-state index in [1.54, 1.807) is 6.92 Å². The smallest absolute Gasteiger partial charge is 0.466 e. The minimum absolute atomic E-state index is 0.0186. The fourth-order valence-corrected chi connectivity index (χ4v) is 2.82. The third-order valence-corrected chi connectivity index (χ3v) is 3.69. The molecule has 92 valence electrons. The van der Waals surface area contributed by atoms with Crippen LogP contribution in [0.1, 0.15) is 13.3 Å². The summed E-state index contributed by atoms with van der Waals surface area (Å²) in [4.78, 5) is 11.5. The van der Waals surface area contributed by atoms with Gasteiger partial charge in [0.25, 0.3) is 0 Å². The van der Waals surface area contributed by atoms with E-state index in [1.165, 1.54) is 0 Å². The van der Waals surface area contributed by atoms with Gasteiger partial charge in [-0.25, -0.2) is 0 Å². The van der Waals surface area contributed by atoms with Gasteiger partial charge in [-0.2, -0.15) is 0 Å². The first-order chi connectivity index (χ1) is 7.45. The molecule has 1 aliphatic heterocycles. The summed E-state index contributed by atoms with van der Waals surface area (Å²) in [7, 11) is 0. The van der Waals surface area contributed by atoms with E-state index >= 15 is 0 Å². The van der Waals surface area contributed by atoms with Gasteiger partial charge in [0.1, 0.15) is 0 Å². The summed E-state index contributed by atoms with van der Waals surface area (Å²) in [6.07, 6.45) is -0.107. The number of ether oxygens (including phenoxy) is 2. The minimum atomic E-state index is -5.02. The molecule has 3 nitrogen and oxygen atoms in total. The number of halogens is 3. The monoisotopic (exact) mass is 237 g/mol. The predicted octanol–water partition coefficient (Wildman–Crippen LogP) is 1.80. The van der Waals surface area contributed by atoms with E-state index in [4.69, 9.17) is 9.47 Å². The molecular weight excluding hydrogens is 224 g/mol. The van der Waals surface area contributed by atoms with Crippen LogP contribution in [0.5, 0.6) is 0 Å². The molecule has 0 N–H and O–H groups in total. The highest BCUT2D eigenvalue weighted by Gasteiger charge is 2.76. The zero-order chi connectivity index (χ0) is 12.0. The van der Waals surface area contributed by atoms with Crippen LogP contribution in [0.25, 0.3) is 0 Å². The maximum atomic E-state index is 13.0. The van der Waals surface area contributed by atoms with Crippen molar-refractivity contribution in [2.45, 2.75) is 18.7 Å². The van der Waals surface area contributed by atoms with Gasteiger partial charge in [0.05, 0.1) is 6.61 Å². The van der Waals surface area contributed by atoms with Gasteiger partial charge in [0, 0.05) is 19.1 Å². The van der Waals surface area contributed by atoms with Crippen molar-refractivity contribution in [2.75, 3.05) is 19.8 Å². The molecule has 0 spiro atoms. The van der Waals surface area contributed by atoms with Gasteiger partial charge >= 0.3 is 12.9 Å². The molecular formula is C9H13BF3O3-. The summed E-state index contributed by atoms with van der Waals surface area (Å²) in [6, 6.07) is 0. The summed E-state index contributed by atoms with van der Waals surface area (Å²) in [5.74, 6) is -2.48. The van der Waals surface area contributed by atoms with Gasteiger partial charge in [0.2, 0.25) is 0 Å². The van der Waals surface area contributed by atoms with Gasteiger partial charge in [0.15, 0.2) is 0 Å². The summed E-state index contributed by atoms with van der Waals surface area (Å²) < 4.78 is 48.7. The zero-order valence-electron chi connectivity index (χ0n) is 8.92. The van der Waals surface area contributed by atoms with Gasteiger partial charge in [-0.05, 0) is 24.6 Å². The third-order valence-electron chi connectivity index (χ3n) is 3.69. The second-order valence-corrected chi connectivity index (χ2v) is 4.35. The van der Waals surface area contributed by atoms with Crippen molar-refractivity contribution in [2.24, 2.45) is 11.8 Å². The molecule has 0 amide bonds. The summed E-state index contributed by atoms with van der Waals surface area (Å²) in [6.45, 7) is -3.22. The van der Waals surface area contributed by atoms with Gasteiger partial charge in [-0.15, -0.1) is 0 Å². The maximum Gasteiger partial charge on any atom is 0.485 e. The van der Waals surface area contributed by atoms with E-state index in [0.29, 0.717) is 0 Å². The van der Waals surface area contributed by atoms with Crippen molar-refractivity contribution in [3.05, 3.63) is 0 Å². The molecule has 1 heterocycles. The van der Waals surface area contributed by atoms with E-state index in [2.05, 4.69) is 0 Å². The number of hydrogen-bond acceptors (Lipinski definition) is 3. The lowest BCUT2D eigenvalue weighted by Gasteiger charge is -2.31. The highest BCUT2D eigenvalue weighted by atomic mass is 19.4. The van der Waals surface area contributed by atoms with Crippen molar-refractivity contribution >= 4 is 12.9 Å². The van der Waals surface area contributed by atoms with Crippen molar-refractivity contribution in [1.82, 2.24) is 0 Å². The highest BCUT2D eigenvalue weighted by molar-refractivity contribution is 6.64.